The molecule has 0 aliphatic heterocycles. The number of nitrogens with zero attached hydrogens (tertiary/aromatic N) is 3. The van der Waals surface area contributed by atoms with E-state index in [4.69, 9.17) is 11.6 Å². The third-order valence-electron chi connectivity index (χ3n) is 2.68. The van der Waals surface area contributed by atoms with Gasteiger partial charge in [0.25, 0.3) is 0 Å². The zero-order valence-corrected chi connectivity index (χ0v) is 12.2. The number of nitrogens with one attached hydrogen (secondary N) is 1. The first kappa shape index (κ1) is 15.0. The van der Waals surface area contributed by atoms with E-state index in [0.717, 1.165) is 24.2 Å². The van der Waals surface area contributed by atoms with Crippen LogP contribution in [0.2, 0.25) is 5.15 Å². The molecule has 0 saturated carbocycles. The monoisotopic (exact) mass is 272 g/mol. The molecule has 1 aromatic rings. The topological polar surface area (TPSA) is 50.2 Å². The van der Waals surface area contributed by atoms with E-state index in [1.807, 2.05) is 32.8 Å². The SMILES string of the molecule is CCCNC(=O)CN(C)Cc1c(C)nn(C)c1Cl. The van der Waals surface area contributed by atoms with Crippen LogP contribution in [0.3, 0.4) is 0 Å². The summed E-state index contributed by atoms with van der Waals surface area (Å²) in [7, 11) is 3.71. The highest BCUT2D eigenvalue weighted by Gasteiger charge is 2.14. The minimum Gasteiger partial charge on any atom is -0.355 e. The normalized spacial score (nSPS) is 11.0. The molecule has 102 valence electrons. The van der Waals surface area contributed by atoms with Crippen LogP contribution in [0.25, 0.3) is 0 Å². The Kier molecular flexibility index (Phi) is 5.62. The van der Waals surface area contributed by atoms with Crippen LogP contribution >= 0.6 is 11.6 Å². The fourth-order valence-electron chi connectivity index (χ4n) is 1.74. The molecule has 1 rings (SSSR count). The lowest BCUT2D eigenvalue weighted by molar-refractivity contribution is -0.122. The van der Waals surface area contributed by atoms with E-state index in [1.165, 1.54) is 0 Å². The molecule has 1 aromatic heterocycles. The van der Waals surface area contributed by atoms with E-state index in [-0.39, 0.29) is 5.91 Å². The highest BCUT2D eigenvalue weighted by atomic mass is 35.5. The summed E-state index contributed by atoms with van der Waals surface area (Å²) < 4.78 is 1.65. The average Bonchev–Trinajstić information content (AvgIpc) is 2.53. The van der Waals surface area contributed by atoms with Gasteiger partial charge in [-0.2, -0.15) is 5.10 Å². The summed E-state index contributed by atoms with van der Waals surface area (Å²) in [4.78, 5) is 13.5. The van der Waals surface area contributed by atoms with Crippen LogP contribution in [0, 0.1) is 6.92 Å². The van der Waals surface area contributed by atoms with Gasteiger partial charge in [-0.15, -0.1) is 0 Å². The Hall–Kier alpha value is -1.07. The molecule has 0 spiro atoms. The molecule has 0 aromatic carbocycles. The predicted octanol–water partition coefficient (Wildman–Crippen LogP) is 1.34. The van der Waals surface area contributed by atoms with Crippen molar-refractivity contribution in [1.29, 1.82) is 0 Å². The largest absolute Gasteiger partial charge is 0.355 e. The first-order chi connectivity index (χ1) is 8.45. The lowest BCUT2D eigenvalue weighted by atomic mass is 10.2. The molecule has 1 N–H and O–H groups in total. The molecule has 18 heavy (non-hydrogen) atoms. The van der Waals surface area contributed by atoms with E-state index in [2.05, 4.69) is 10.4 Å². The molecule has 0 bridgehead atoms. The molecular formula is C12H21ClN4O. The number of rotatable bonds is 6. The third-order valence-corrected chi connectivity index (χ3v) is 3.16. The van der Waals surface area contributed by atoms with Gasteiger partial charge in [-0.3, -0.25) is 14.4 Å². The van der Waals surface area contributed by atoms with Crippen molar-refractivity contribution in [3.05, 3.63) is 16.4 Å². The zero-order valence-electron chi connectivity index (χ0n) is 11.5. The maximum atomic E-state index is 11.6. The summed E-state index contributed by atoms with van der Waals surface area (Å²) in [5, 5.41) is 7.73. The standard InChI is InChI=1S/C12H21ClN4O/c1-5-6-14-11(18)8-16(3)7-10-9(2)15-17(4)12(10)13/h5-8H2,1-4H3,(H,14,18). The smallest absolute Gasteiger partial charge is 0.234 e. The van der Waals surface area contributed by atoms with Gasteiger partial charge in [-0.05, 0) is 20.4 Å². The minimum atomic E-state index is 0.0389. The van der Waals surface area contributed by atoms with E-state index in [1.54, 1.807) is 4.68 Å². The van der Waals surface area contributed by atoms with Gasteiger partial charge in [-0.25, -0.2) is 0 Å². The van der Waals surface area contributed by atoms with Gasteiger partial charge in [0, 0.05) is 25.7 Å². The Labute approximate surface area is 113 Å². The quantitative estimate of drug-likeness (QED) is 0.850. The Morgan fingerprint density at radius 2 is 2.22 bits per heavy atom. The van der Waals surface area contributed by atoms with Crippen LogP contribution in [0.15, 0.2) is 0 Å². The Balaban J connectivity index is 2.54. The molecule has 0 atom stereocenters. The number of aryl methyl sites for hydroxylation is 2. The van der Waals surface area contributed by atoms with Crippen molar-refractivity contribution in [1.82, 2.24) is 20.0 Å². The van der Waals surface area contributed by atoms with Crippen molar-refractivity contribution in [3.63, 3.8) is 0 Å². The molecule has 0 aliphatic carbocycles. The maximum absolute atomic E-state index is 11.6. The molecule has 6 heteroatoms. The second kappa shape index (κ2) is 6.75. The number of amides is 1. The fourth-order valence-corrected chi connectivity index (χ4v) is 1.98. The van der Waals surface area contributed by atoms with Crippen LogP contribution in [-0.4, -0.2) is 40.7 Å². The van der Waals surface area contributed by atoms with Gasteiger partial charge in [0.1, 0.15) is 5.15 Å². The Morgan fingerprint density at radius 3 is 2.72 bits per heavy atom. The van der Waals surface area contributed by atoms with E-state index in [9.17, 15) is 4.79 Å². The van der Waals surface area contributed by atoms with Crippen LogP contribution in [0.4, 0.5) is 0 Å². The van der Waals surface area contributed by atoms with E-state index >= 15 is 0 Å². The van der Waals surface area contributed by atoms with Crippen molar-refractivity contribution in [2.75, 3.05) is 20.1 Å². The number of hydrogen-bond acceptors (Lipinski definition) is 3. The van der Waals surface area contributed by atoms with Crippen molar-refractivity contribution in [2.24, 2.45) is 7.05 Å². The lowest BCUT2D eigenvalue weighted by Gasteiger charge is -2.16. The number of halogens is 1. The summed E-state index contributed by atoms with van der Waals surface area (Å²) in [5.41, 5.74) is 1.88. The van der Waals surface area contributed by atoms with Crippen molar-refractivity contribution in [2.45, 2.75) is 26.8 Å². The number of hydrogen-bond donors (Lipinski definition) is 1. The van der Waals surface area contributed by atoms with Crippen molar-refractivity contribution >= 4 is 17.5 Å². The molecule has 5 nitrogen and oxygen atoms in total. The van der Waals surface area contributed by atoms with Crippen LogP contribution in [0.5, 0.6) is 0 Å². The predicted molar refractivity (Wildman–Crippen MR) is 72.6 cm³/mol. The van der Waals surface area contributed by atoms with Crippen molar-refractivity contribution < 1.29 is 4.79 Å². The fraction of sp³-hybridized carbons (Fsp3) is 0.667. The molecule has 0 unspecified atom stereocenters. The molecule has 1 amide bonds. The van der Waals surface area contributed by atoms with E-state index < -0.39 is 0 Å². The molecular weight excluding hydrogens is 252 g/mol. The first-order valence-electron chi connectivity index (χ1n) is 6.08. The number of aromatic nitrogens is 2. The highest BCUT2D eigenvalue weighted by molar-refractivity contribution is 6.30. The molecule has 0 saturated heterocycles. The maximum Gasteiger partial charge on any atom is 0.234 e. The average molecular weight is 273 g/mol. The number of carbonyl (C=O) groups is 1. The minimum absolute atomic E-state index is 0.0389. The van der Waals surface area contributed by atoms with Gasteiger partial charge in [-0.1, -0.05) is 18.5 Å². The molecule has 0 radical (unpaired) electrons. The summed E-state index contributed by atoms with van der Waals surface area (Å²) in [6.45, 7) is 5.66. The summed E-state index contributed by atoms with van der Waals surface area (Å²) in [6, 6.07) is 0. The number of carbonyl (C=O) groups excluding carboxylic acids is 1. The molecule has 0 aliphatic rings. The third kappa shape index (κ3) is 3.99. The molecule has 1 heterocycles. The molecule has 0 fully saturated rings. The summed E-state index contributed by atoms with van der Waals surface area (Å²) in [5.74, 6) is 0.0389. The Bertz CT molecular complexity index is 416. The lowest BCUT2D eigenvalue weighted by Crippen LogP contribution is -2.35. The van der Waals surface area contributed by atoms with Gasteiger partial charge >= 0.3 is 0 Å². The first-order valence-corrected chi connectivity index (χ1v) is 6.46. The van der Waals surface area contributed by atoms with Crippen LogP contribution in [-0.2, 0) is 18.4 Å². The second-order valence-corrected chi connectivity index (χ2v) is 4.86. The van der Waals surface area contributed by atoms with Crippen LogP contribution in [0.1, 0.15) is 24.6 Å². The van der Waals surface area contributed by atoms with Gasteiger partial charge in [0.2, 0.25) is 5.91 Å². The van der Waals surface area contributed by atoms with E-state index in [0.29, 0.717) is 18.2 Å². The van der Waals surface area contributed by atoms with Crippen molar-refractivity contribution in [3.8, 4) is 0 Å². The zero-order chi connectivity index (χ0) is 13.7. The number of likely N-dealkylation sites (N-methyl/N-ethyl adjacent to an activating group) is 1. The van der Waals surface area contributed by atoms with Gasteiger partial charge in [0.15, 0.2) is 0 Å². The second-order valence-electron chi connectivity index (χ2n) is 4.50. The highest BCUT2D eigenvalue weighted by Crippen LogP contribution is 2.19. The van der Waals surface area contributed by atoms with Crippen LogP contribution < -0.4 is 5.32 Å². The summed E-state index contributed by atoms with van der Waals surface area (Å²) >= 11 is 6.15. The van der Waals surface area contributed by atoms with Gasteiger partial charge in [0.05, 0.1) is 12.2 Å². The van der Waals surface area contributed by atoms with Gasteiger partial charge < -0.3 is 5.32 Å². The summed E-state index contributed by atoms with van der Waals surface area (Å²) in [6.07, 6.45) is 0.947. The Morgan fingerprint density at radius 1 is 1.56 bits per heavy atom.